The molecule has 2 aromatic rings. The fraction of sp³-hybridized carbons (Fsp3) is 0.444. The minimum atomic E-state index is -4.55. The SMILES string of the molecule is CCCCOc1nc(N(CC)c2ccc(C)cc2)ncc1C(F)(F)F. The first-order chi connectivity index (χ1) is 11.9. The summed E-state index contributed by atoms with van der Waals surface area (Å²) < 4.78 is 44.8. The molecule has 0 aliphatic rings. The van der Waals surface area contributed by atoms with Crippen LogP contribution in [0, 0.1) is 6.92 Å². The van der Waals surface area contributed by atoms with Gasteiger partial charge in [0.2, 0.25) is 11.8 Å². The van der Waals surface area contributed by atoms with Crippen LogP contribution in [-0.2, 0) is 6.18 Å². The molecule has 1 aromatic heterocycles. The molecule has 25 heavy (non-hydrogen) atoms. The van der Waals surface area contributed by atoms with E-state index in [1.54, 1.807) is 4.90 Å². The first kappa shape index (κ1) is 19.0. The zero-order valence-electron chi connectivity index (χ0n) is 14.6. The maximum absolute atomic E-state index is 13.2. The van der Waals surface area contributed by atoms with Crippen LogP contribution >= 0.6 is 0 Å². The van der Waals surface area contributed by atoms with E-state index in [1.807, 2.05) is 45.0 Å². The fourth-order valence-electron chi connectivity index (χ4n) is 2.27. The van der Waals surface area contributed by atoms with Crippen LogP contribution in [0.2, 0.25) is 0 Å². The molecule has 0 atom stereocenters. The number of aromatic nitrogens is 2. The van der Waals surface area contributed by atoms with Crippen LogP contribution < -0.4 is 9.64 Å². The Kier molecular flexibility index (Phi) is 6.22. The zero-order chi connectivity index (χ0) is 18.4. The van der Waals surface area contributed by atoms with Crippen molar-refractivity contribution in [2.75, 3.05) is 18.1 Å². The first-order valence-electron chi connectivity index (χ1n) is 8.28. The highest BCUT2D eigenvalue weighted by molar-refractivity contribution is 5.58. The third kappa shape index (κ3) is 4.84. The molecule has 7 heteroatoms. The van der Waals surface area contributed by atoms with Gasteiger partial charge in [0.1, 0.15) is 5.56 Å². The molecule has 2 rings (SSSR count). The number of alkyl halides is 3. The van der Waals surface area contributed by atoms with Crippen molar-refractivity contribution >= 4 is 11.6 Å². The number of hydrogen-bond acceptors (Lipinski definition) is 4. The quantitative estimate of drug-likeness (QED) is 0.646. The van der Waals surface area contributed by atoms with Gasteiger partial charge >= 0.3 is 6.18 Å². The lowest BCUT2D eigenvalue weighted by molar-refractivity contribution is -0.139. The van der Waals surface area contributed by atoms with Crippen LogP contribution in [0.3, 0.4) is 0 Å². The van der Waals surface area contributed by atoms with Crippen molar-refractivity contribution in [1.29, 1.82) is 0 Å². The number of nitrogens with zero attached hydrogens (tertiary/aromatic N) is 3. The number of aryl methyl sites for hydroxylation is 1. The topological polar surface area (TPSA) is 38.2 Å². The second-order valence-corrected chi connectivity index (χ2v) is 5.67. The number of unbranched alkanes of at least 4 members (excludes halogenated alkanes) is 1. The van der Waals surface area contributed by atoms with E-state index in [2.05, 4.69) is 9.97 Å². The summed E-state index contributed by atoms with van der Waals surface area (Å²) in [6, 6.07) is 7.64. The molecule has 0 fully saturated rings. The largest absolute Gasteiger partial charge is 0.477 e. The summed E-state index contributed by atoms with van der Waals surface area (Å²) in [5, 5.41) is 0. The molecule has 0 amide bonds. The van der Waals surface area contributed by atoms with Crippen molar-refractivity contribution in [3.8, 4) is 5.88 Å². The van der Waals surface area contributed by atoms with Gasteiger partial charge in [-0.25, -0.2) is 4.98 Å². The Balaban J connectivity index is 2.39. The summed E-state index contributed by atoms with van der Waals surface area (Å²) in [5.74, 6) is -0.234. The second kappa shape index (κ2) is 8.18. The number of hydrogen-bond donors (Lipinski definition) is 0. The lowest BCUT2D eigenvalue weighted by atomic mass is 10.2. The Morgan fingerprint density at radius 2 is 1.80 bits per heavy atom. The molecule has 136 valence electrons. The molecule has 4 nitrogen and oxygen atoms in total. The monoisotopic (exact) mass is 353 g/mol. The molecule has 1 heterocycles. The fourth-order valence-corrected chi connectivity index (χ4v) is 2.27. The molecule has 0 aliphatic carbocycles. The van der Waals surface area contributed by atoms with E-state index in [9.17, 15) is 13.2 Å². The minimum absolute atomic E-state index is 0.186. The molecule has 0 aliphatic heterocycles. The Hall–Kier alpha value is -2.31. The summed E-state index contributed by atoms with van der Waals surface area (Å²) >= 11 is 0. The van der Waals surface area contributed by atoms with Crippen LogP contribution in [0.4, 0.5) is 24.8 Å². The maximum Gasteiger partial charge on any atom is 0.423 e. The van der Waals surface area contributed by atoms with E-state index in [1.165, 1.54) is 0 Å². The minimum Gasteiger partial charge on any atom is -0.477 e. The van der Waals surface area contributed by atoms with Gasteiger partial charge in [0.25, 0.3) is 0 Å². The van der Waals surface area contributed by atoms with Gasteiger partial charge in [0, 0.05) is 18.4 Å². The summed E-state index contributed by atoms with van der Waals surface area (Å²) in [5.41, 5.74) is 0.955. The van der Waals surface area contributed by atoms with Crippen molar-refractivity contribution in [2.24, 2.45) is 0 Å². The average Bonchev–Trinajstić information content (AvgIpc) is 2.57. The molecule has 0 radical (unpaired) electrons. The van der Waals surface area contributed by atoms with Crippen LogP contribution in [0.5, 0.6) is 5.88 Å². The van der Waals surface area contributed by atoms with E-state index in [0.717, 1.165) is 23.9 Å². The molecule has 0 N–H and O–H groups in total. The third-order valence-electron chi connectivity index (χ3n) is 3.69. The Morgan fingerprint density at radius 1 is 1.12 bits per heavy atom. The van der Waals surface area contributed by atoms with Crippen molar-refractivity contribution in [2.45, 2.75) is 39.8 Å². The molecular weight excluding hydrogens is 331 g/mol. The molecule has 1 aromatic carbocycles. The van der Waals surface area contributed by atoms with Gasteiger partial charge in [0.05, 0.1) is 6.61 Å². The van der Waals surface area contributed by atoms with Crippen LogP contribution in [0.25, 0.3) is 0 Å². The molecule has 0 saturated carbocycles. The summed E-state index contributed by atoms with van der Waals surface area (Å²) in [7, 11) is 0. The van der Waals surface area contributed by atoms with E-state index < -0.39 is 17.6 Å². The lowest BCUT2D eigenvalue weighted by Gasteiger charge is -2.22. The van der Waals surface area contributed by atoms with Crippen LogP contribution in [-0.4, -0.2) is 23.1 Å². The smallest absolute Gasteiger partial charge is 0.423 e. The molecular formula is C18H22F3N3O. The number of ether oxygens (including phenoxy) is 1. The Labute approximate surface area is 145 Å². The van der Waals surface area contributed by atoms with Gasteiger partial charge < -0.3 is 9.64 Å². The normalized spacial score (nSPS) is 11.4. The standard InChI is InChI=1S/C18H22F3N3O/c1-4-6-11-25-16-15(18(19,20)21)12-22-17(23-16)24(5-2)14-9-7-13(3)8-10-14/h7-10,12H,4-6,11H2,1-3H3. The summed E-state index contributed by atoms with van der Waals surface area (Å²) in [6.07, 6.45) is -2.28. The van der Waals surface area contributed by atoms with Gasteiger partial charge in [-0.15, -0.1) is 0 Å². The zero-order valence-corrected chi connectivity index (χ0v) is 14.6. The Morgan fingerprint density at radius 3 is 2.36 bits per heavy atom. The summed E-state index contributed by atoms with van der Waals surface area (Å²) in [6.45, 7) is 6.50. The lowest BCUT2D eigenvalue weighted by Crippen LogP contribution is -2.21. The molecule has 0 saturated heterocycles. The van der Waals surface area contributed by atoms with Crippen LogP contribution in [0.15, 0.2) is 30.5 Å². The molecule has 0 bridgehead atoms. The highest BCUT2D eigenvalue weighted by atomic mass is 19.4. The summed E-state index contributed by atoms with van der Waals surface area (Å²) in [4.78, 5) is 9.71. The molecule has 0 spiro atoms. The number of halogens is 3. The highest BCUT2D eigenvalue weighted by Crippen LogP contribution is 2.36. The third-order valence-corrected chi connectivity index (χ3v) is 3.69. The molecule has 0 unspecified atom stereocenters. The average molecular weight is 353 g/mol. The van der Waals surface area contributed by atoms with Crippen molar-refractivity contribution in [1.82, 2.24) is 9.97 Å². The van der Waals surface area contributed by atoms with Crippen molar-refractivity contribution in [3.05, 3.63) is 41.6 Å². The number of rotatable bonds is 7. The first-order valence-corrected chi connectivity index (χ1v) is 8.28. The second-order valence-electron chi connectivity index (χ2n) is 5.67. The van der Waals surface area contributed by atoms with Gasteiger partial charge in [-0.2, -0.15) is 18.2 Å². The van der Waals surface area contributed by atoms with E-state index in [0.29, 0.717) is 13.0 Å². The van der Waals surface area contributed by atoms with Gasteiger partial charge in [-0.1, -0.05) is 31.0 Å². The van der Waals surface area contributed by atoms with Gasteiger partial charge in [0.15, 0.2) is 0 Å². The number of anilines is 2. The van der Waals surface area contributed by atoms with Gasteiger partial charge in [-0.3, -0.25) is 0 Å². The van der Waals surface area contributed by atoms with E-state index >= 15 is 0 Å². The number of benzene rings is 1. The predicted molar refractivity (Wildman–Crippen MR) is 91.3 cm³/mol. The van der Waals surface area contributed by atoms with E-state index in [-0.39, 0.29) is 12.6 Å². The van der Waals surface area contributed by atoms with E-state index in [4.69, 9.17) is 4.74 Å². The van der Waals surface area contributed by atoms with Crippen molar-refractivity contribution in [3.63, 3.8) is 0 Å². The maximum atomic E-state index is 13.2. The Bertz CT molecular complexity index is 687. The van der Waals surface area contributed by atoms with Crippen LogP contribution in [0.1, 0.15) is 37.8 Å². The highest BCUT2D eigenvalue weighted by Gasteiger charge is 2.36. The predicted octanol–water partition coefficient (Wildman–Crippen LogP) is 5.14. The van der Waals surface area contributed by atoms with Crippen molar-refractivity contribution < 1.29 is 17.9 Å². The van der Waals surface area contributed by atoms with Gasteiger partial charge in [-0.05, 0) is 32.4 Å².